The summed E-state index contributed by atoms with van der Waals surface area (Å²) in [5, 5.41) is 6.64. The van der Waals surface area contributed by atoms with Crippen molar-refractivity contribution < 1.29 is 14.0 Å². The van der Waals surface area contributed by atoms with E-state index in [9.17, 15) is 9.59 Å². The predicted octanol–water partition coefficient (Wildman–Crippen LogP) is 4.95. The van der Waals surface area contributed by atoms with E-state index in [1.54, 1.807) is 6.07 Å². The summed E-state index contributed by atoms with van der Waals surface area (Å²) in [4.78, 5) is 25.2. The number of furan rings is 1. The van der Waals surface area contributed by atoms with E-state index in [4.69, 9.17) is 4.42 Å². The molecule has 2 amide bonds. The Labute approximate surface area is 211 Å². The monoisotopic (exact) mass is 563 g/mol. The van der Waals surface area contributed by atoms with Crippen LogP contribution in [0.4, 0.5) is 0 Å². The van der Waals surface area contributed by atoms with Crippen molar-refractivity contribution in [2.75, 3.05) is 6.54 Å². The number of carbonyl (C=O) groups excluding carboxylic acids is 2. The van der Waals surface area contributed by atoms with Gasteiger partial charge in [-0.05, 0) is 58.0 Å². The lowest BCUT2D eigenvalue weighted by atomic mass is 9.90. The Morgan fingerprint density at radius 1 is 0.853 bits per heavy atom. The molecule has 1 heterocycles. The first kappa shape index (κ1) is 23.4. The zero-order valence-corrected chi connectivity index (χ0v) is 20.3. The van der Waals surface area contributed by atoms with E-state index in [2.05, 4.69) is 38.4 Å². The third-order valence-corrected chi connectivity index (χ3v) is 5.81. The van der Waals surface area contributed by atoms with Crippen molar-refractivity contribution in [3.05, 3.63) is 118 Å². The van der Waals surface area contributed by atoms with Crippen LogP contribution in [0.2, 0.25) is 0 Å². The third-order valence-electron chi connectivity index (χ3n) is 5.09. The van der Waals surface area contributed by atoms with Gasteiger partial charge in [-0.15, -0.1) is 0 Å². The minimum Gasteiger partial charge on any atom is -0.455 e. The van der Waals surface area contributed by atoms with E-state index in [-0.39, 0.29) is 12.5 Å². The zero-order valence-electron chi connectivity index (χ0n) is 18.1. The second-order valence-corrected chi connectivity index (χ2v) is 8.72. The summed E-state index contributed by atoms with van der Waals surface area (Å²) in [5.41, 5.74) is 5.08. The highest BCUT2D eigenvalue weighted by Crippen LogP contribution is 2.25. The summed E-state index contributed by atoms with van der Waals surface area (Å²) in [5.74, 6) is 0.00975. The first-order chi connectivity index (χ1) is 16.6. The van der Waals surface area contributed by atoms with Crippen LogP contribution in [-0.2, 0) is 9.59 Å². The summed E-state index contributed by atoms with van der Waals surface area (Å²) in [6, 6.07) is 30.5. The molecule has 0 aliphatic carbocycles. The Kier molecular flexibility index (Phi) is 7.87. The van der Waals surface area contributed by atoms with Crippen LogP contribution in [0.1, 0.15) is 22.8 Å². The molecule has 0 saturated heterocycles. The number of rotatable bonds is 8. The Morgan fingerprint density at radius 3 is 2.09 bits per heavy atom. The molecule has 0 saturated carbocycles. The highest BCUT2D eigenvalue weighted by molar-refractivity contribution is 14.1. The lowest BCUT2D eigenvalue weighted by molar-refractivity contribution is -0.126. The Bertz CT molecular complexity index is 1230. The van der Waals surface area contributed by atoms with Crippen LogP contribution < -0.4 is 10.7 Å². The minimum absolute atomic E-state index is 0.196. The van der Waals surface area contributed by atoms with Gasteiger partial charge in [0.15, 0.2) is 0 Å². The van der Waals surface area contributed by atoms with Crippen molar-refractivity contribution in [2.45, 2.75) is 5.92 Å². The van der Waals surface area contributed by atoms with Gasteiger partial charge in [0.2, 0.25) is 5.91 Å². The zero-order chi connectivity index (χ0) is 23.8. The number of amides is 2. The maximum Gasteiger partial charge on any atom is 0.259 e. The Balaban J connectivity index is 1.33. The molecule has 7 heteroatoms. The van der Waals surface area contributed by atoms with Crippen molar-refractivity contribution in [3.63, 3.8) is 0 Å². The van der Waals surface area contributed by atoms with Crippen LogP contribution in [0.25, 0.3) is 11.3 Å². The van der Waals surface area contributed by atoms with Crippen molar-refractivity contribution in [1.82, 2.24) is 10.7 Å². The lowest BCUT2D eigenvalue weighted by Gasteiger charge is -2.17. The van der Waals surface area contributed by atoms with Crippen LogP contribution in [0.5, 0.6) is 0 Å². The fourth-order valence-electron chi connectivity index (χ4n) is 3.45. The molecule has 0 unspecified atom stereocenters. The molecular formula is C27H22IN3O3. The Hall–Kier alpha value is -3.72. The van der Waals surface area contributed by atoms with E-state index >= 15 is 0 Å². The first-order valence-electron chi connectivity index (χ1n) is 10.7. The van der Waals surface area contributed by atoms with E-state index in [0.717, 1.165) is 20.3 Å². The molecule has 4 rings (SSSR count). The molecule has 34 heavy (non-hydrogen) atoms. The second-order valence-electron chi connectivity index (χ2n) is 7.47. The van der Waals surface area contributed by atoms with Crippen molar-refractivity contribution in [1.29, 1.82) is 0 Å². The molecule has 1 aromatic heterocycles. The van der Waals surface area contributed by atoms with E-state index < -0.39 is 11.8 Å². The van der Waals surface area contributed by atoms with Gasteiger partial charge in [-0.1, -0.05) is 72.8 Å². The molecule has 0 fully saturated rings. The van der Waals surface area contributed by atoms with Gasteiger partial charge in [0.05, 0.1) is 18.7 Å². The highest BCUT2D eigenvalue weighted by atomic mass is 127. The van der Waals surface area contributed by atoms with Crippen LogP contribution >= 0.6 is 22.6 Å². The smallest absolute Gasteiger partial charge is 0.259 e. The van der Waals surface area contributed by atoms with Gasteiger partial charge >= 0.3 is 0 Å². The van der Waals surface area contributed by atoms with Gasteiger partial charge < -0.3 is 9.73 Å². The molecule has 0 bridgehead atoms. The summed E-state index contributed by atoms with van der Waals surface area (Å²) < 4.78 is 6.89. The number of nitrogens with one attached hydrogen (secondary N) is 2. The van der Waals surface area contributed by atoms with Gasteiger partial charge in [0, 0.05) is 9.13 Å². The van der Waals surface area contributed by atoms with Gasteiger partial charge in [0.1, 0.15) is 11.5 Å². The standard InChI is InChI=1S/C27H22IN3O3/c28-22-13-11-19(12-14-22)24-16-15-23(34-24)17-30-31-25(32)18-29-27(33)26(20-7-3-1-4-8-20)21-9-5-2-6-10-21/h1-17,26H,18H2,(H,29,33)(H,31,32). The molecule has 170 valence electrons. The van der Waals surface area contributed by atoms with Crippen LogP contribution in [0.3, 0.4) is 0 Å². The summed E-state index contributed by atoms with van der Waals surface area (Å²) in [6.07, 6.45) is 1.42. The molecule has 0 spiro atoms. The number of halogens is 1. The number of carbonyl (C=O) groups is 2. The highest BCUT2D eigenvalue weighted by Gasteiger charge is 2.22. The van der Waals surface area contributed by atoms with E-state index in [1.807, 2.05) is 91.0 Å². The SMILES string of the molecule is O=C(CNC(=O)C(c1ccccc1)c1ccccc1)NN=Cc1ccc(-c2ccc(I)cc2)o1. The van der Waals surface area contributed by atoms with Crippen molar-refractivity contribution in [2.24, 2.45) is 5.10 Å². The molecule has 0 atom stereocenters. The predicted molar refractivity (Wildman–Crippen MR) is 140 cm³/mol. The normalized spacial score (nSPS) is 11.0. The quantitative estimate of drug-likeness (QED) is 0.181. The number of benzene rings is 3. The maximum atomic E-state index is 13.0. The largest absolute Gasteiger partial charge is 0.455 e. The maximum absolute atomic E-state index is 13.0. The number of hydrogen-bond acceptors (Lipinski definition) is 4. The summed E-state index contributed by atoms with van der Waals surface area (Å²) >= 11 is 2.25. The fourth-order valence-corrected chi connectivity index (χ4v) is 3.81. The van der Waals surface area contributed by atoms with Gasteiger partial charge in [0.25, 0.3) is 5.91 Å². The van der Waals surface area contributed by atoms with Gasteiger partial charge in [-0.3, -0.25) is 9.59 Å². The average molecular weight is 563 g/mol. The number of hydrazone groups is 1. The average Bonchev–Trinajstić information content (AvgIpc) is 3.34. The molecule has 0 aliphatic heterocycles. The molecule has 2 N–H and O–H groups in total. The number of nitrogens with zero attached hydrogens (tertiary/aromatic N) is 1. The molecule has 0 aliphatic rings. The van der Waals surface area contributed by atoms with Crippen molar-refractivity contribution in [3.8, 4) is 11.3 Å². The third kappa shape index (κ3) is 6.20. The van der Waals surface area contributed by atoms with Crippen LogP contribution in [-0.4, -0.2) is 24.6 Å². The van der Waals surface area contributed by atoms with Crippen LogP contribution in [0.15, 0.2) is 107 Å². The van der Waals surface area contributed by atoms with E-state index in [1.165, 1.54) is 6.21 Å². The van der Waals surface area contributed by atoms with Crippen molar-refractivity contribution >= 4 is 40.6 Å². The fraction of sp³-hybridized carbons (Fsp3) is 0.0741. The number of hydrogen-bond donors (Lipinski definition) is 2. The van der Waals surface area contributed by atoms with Crippen LogP contribution in [0, 0.1) is 3.57 Å². The Morgan fingerprint density at radius 2 is 1.47 bits per heavy atom. The molecule has 0 radical (unpaired) electrons. The lowest BCUT2D eigenvalue weighted by Crippen LogP contribution is -2.37. The second kappa shape index (κ2) is 11.4. The summed E-state index contributed by atoms with van der Waals surface area (Å²) in [7, 11) is 0. The van der Waals surface area contributed by atoms with Gasteiger partial charge in [-0.2, -0.15) is 5.10 Å². The topological polar surface area (TPSA) is 83.7 Å². The molecular weight excluding hydrogens is 541 g/mol. The molecule has 6 nitrogen and oxygen atoms in total. The summed E-state index contributed by atoms with van der Waals surface area (Å²) in [6.45, 7) is -0.196. The first-order valence-corrected chi connectivity index (χ1v) is 11.7. The molecule has 3 aromatic carbocycles. The molecule has 4 aromatic rings. The van der Waals surface area contributed by atoms with E-state index in [0.29, 0.717) is 11.5 Å². The van der Waals surface area contributed by atoms with Gasteiger partial charge in [-0.25, -0.2) is 5.43 Å². The minimum atomic E-state index is -0.512.